The number of halogens is 1. The number of aliphatic hydroxyl groups excluding tert-OH is 1. The van der Waals surface area contributed by atoms with Crippen molar-refractivity contribution in [2.75, 3.05) is 5.88 Å². The standard InChI is InChI=1S/C14H25ClO/c1-11(13-6-4-3-5-7-13)8-9-14(10-15)12(2)16/h11,13-14,16H,2-10H2,1H3. The van der Waals surface area contributed by atoms with Gasteiger partial charge in [-0.25, -0.2) is 0 Å². The molecule has 0 aliphatic heterocycles. The van der Waals surface area contributed by atoms with Crippen LogP contribution < -0.4 is 0 Å². The summed E-state index contributed by atoms with van der Waals surface area (Å²) in [4.78, 5) is 0. The minimum Gasteiger partial charge on any atom is -0.513 e. The van der Waals surface area contributed by atoms with Gasteiger partial charge in [0.2, 0.25) is 0 Å². The number of alkyl halides is 1. The Bertz CT molecular complexity index is 209. The van der Waals surface area contributed by atoms with Crippen LogP contribution in [0.3, 0.4) is 0 Å². The lowest BCUT2D eigenvalue weighted by Crippen LogP contribution is -2.17. The molecule has 0 bridgehead atoms. The van der Waals surface area contributed by atoms with E-state index in [-0.39, 0.29) is 11.7 Å². The SMILES string of the molecule is C=C(O)C(CCl)CCC(C)C1CCCCC1. The fourth-order valence-electron chi connectivity index (χ4n) is 2.74. The number of hydrogen-bond donors (Lipinski definition) is 1. The first-order valence-corrected chi connectivity index (χ1v) is 7.12. The summed E-state index contributed by atoms with van der Waals surface area (Å²) in [5, 5.41) is 9.36. The van der Waals surface area contributed by atoms with E-state index in [4.69, 9.17) is 11.6 Å². The summed E-state index contributed by atoms with van der Waals surface area (Å²) in [6, 6.07) is 0. The summed E-state index contributed by atoms with van der Waals surface area (Å²) >= 11 is 5.81. The van der Waals surface area contributed by atoms with Gasteiger partial charge in [0.15, 0.2) is 0 Å². The highest BCUT2D eigenvalue weighted by atomic mass is 35.5. The second kappa shape index (κ2) is 7.21. The van der Waals surface area contributed by atoms with Crippen LogP contribution >= 0.6 is 11.6 Å². The van der Waals surface area contributed by atoms with Crippen molar-refractivity contribution in [2.45, 2.75) is 51.9 Å². The minimum absolute atomic E-state index is 0.0905. The molecule has 2 heteroatoms. The van der Waals surface area contributed by atoms with Crippen molar-refractivity contribution < 1.29 is 5.11 Å². The molecular weight excluding hydrogens is 220 g/mol. The number of hydrogen-bond acceptors (Lipinski definition) is 1. The molecule has 1 fully saturated rings. The highest BCUT2D eigenvalue weighted by Gasteiger charge is 2.21. The predicted molar refractivity (Wildman–Crippen MR) is 71.0 cm³/mol. The quantitative estimate of drug-likeness (QED) is 0.520. The molecule has 2 unspecified atom stereocenters. The molecule has 0 spiro atoms. The van der Waals surface area contributed by atoms with Crippen molar-refractivity contribution in [1.29, 1.82) is 0 Å². The van der Waals surface area contributed by atoms with E-state index < -0.39 is 0 Å². The fraction of sp³-hybridized carbons (Fsp3) is 0.857. The maximum absolute atomic E-state index is 9.36. The van der Waals surface area contributed by atoms with E-state index in [1.54, 1.807) is 0 Å². The Kier molecular flexibility index (Phi) is 6.26. The van der Waals surface area contributed by atoms with Gasteiger partial charge < -0.3 is 5.11 Å². The first-order valence-electron chi connectivity index (χ1n) is 6.59. The second-order valence-electron chi connectivity index (χ2n) is 5.30. The Morgan fingerprint density at radius 2 is 1.94 bits per heavy atom. The Labute approximate surface area is 105 Å². The summed E-state index contributed by atoms with van der Waals surface area (Å²) in [6.07, 6.45) is 9.17. The molecule has 1 rings (SSSR count). The highest BCUT2D eigenvalue weighted by molar-refractivity contribution is 6.18. The van der Waals surface area contributed by atoms with Crippen LogP contribution in [-0.2, 0) is 0 Å². The fourth-order valence-corrected chi connectivity index (χ4v) is 3.07. The molecule has 0 aromatic rings. The van der Waals surface area contributed by atoms with Gasteiger partial charge >= 0.3 is 0 Å². The molecular formula is C14H25ClO. The van der Waals surface area contributed by atoms with Crippen LogP contribution in [0.25, 0.3) is 0 Å². The van der Waals surface area contributed by atoms with E-state index in [2.05, 4.69) is 13.5 Å². The topological polar surface area (TPSA) is 20.2 Å². The summed E-state index contributed by atoms with van der Waals surface area (Å²) in [6.45, 7) is 5.94. The smallest absolute Gasteiger partial charge is 0.0893 e. The molecule has 1 aliphatic carbocycles. The second-order valence-corrected chi connectivity index (χ2v) is 5.60. The van der Waals surface area contributed by atoms with E-state index in [1.165, 1.54) is 38.5 Å². The van der Waals surface area contributed by atoms with E-state index in [1.807, 2.05) is 0 Å². The highest BCUT2D eigenvalue weighted by Crippen LogP contribution is 2.33. The van der Waals surface area contributed by atoms with Crippen molar-refractivity contribution in [1.82, 2.24) is 0 Å². The van der Waals surface area contributed by atoms with E-state index >= 15 is 0 Å². The lowest BCUT2D eigenvalue weighted by atomic mass is 9.78. The van der Waals surface area contributed by atoms with Crippen molar-refractivity contribution in [3.8, 4) is 0 Å². The van der Waals surface area contributed by atoms with Crippen LogP contribution in [-0.4, -0.2) is 11.0 Å². The first kappa shape index (κ1) is 13.9. The zero-order chi connectivity index (χ0) is 12.0. The van der Waals surface area contributed by atoms with Crippen LogP contribution in [0.5, 0.6) is 0 Å². The summed E-state index contributed by atoms with van der Waals surface area (Å²) < 4.78 is 0. The first-order chi connectivity index (χ1) is 7.65. The predicted octanol–water partition coefficient (Wildman–Crippen LogP) is 4.91. The van der Waals surface area contributed by atoms with Gasteiger partial charge in [0, 0.05) is 11.8 Å². The third-order valence-corrected chi connectivity index (χ3v) is 4.46. The number of allylic oxidation sites excluding steroid dienone is 1. The Hall–Kier alpha value is -0.170. The largest absolute Gasteiger partial charge is 0.513 e. The Morgan fingerprint density at radius 3 is 2.44 bits per heavy atom. The molecule has 94 valence electrons. The van der Waals surface area contributed by atoms with Gasteiger partial charge in [0.25, 0.3) is 0 Å². The van der Waals surface area contributed by atoms with Crippen molar-refractivity contribution >= 4 is 11.6 Å². The van der Waals surface area contributed by atoms with Crippen LogP contribution in [0.1, 0.15) is 51.9 Å². The van der Waals surface area contributed by atoms with Crippen LogP contribution in [0.2, 0.25) is 0 Å². The number of aliphatic hydroxyl groups is 1. The molecule has 1 aliphatic rings. The van der Waals surface area contributed by atoms with Gasteiger partial charge in [-0.1, -0.05) is 45.6 Å². The molecule has 2 atom stereocenters. The summed E-state index contributed by atoms with van der Waals surface area (Å²) in [7, 11) is 0. The molecule has 0 heterocycles. The molecule has 16 heavy (non-hydrogen) atoms. The molecule has 1 nitrogen and oxygen atoms in total. The summed E-state index contributed by atoms with van der Waals surface area (Å²) in [5.41, 5.74) is 0. The Morgan fingerprint density at radius 1 is 1.31 bits per heavy atom. The zero-order valence-corrected chi connectivity index (χ0v) is 11.2. The third kappa shape index (κ3) is 4.37. The number of rotatable bonds is 6. The van der Waals surface area contributed by atoms with Gasteiger partial charge in [0.05, 0.1) is 5.76 Å². The zero-order valence-electron chi connectivity index (χ0n) is 10.4. The van der Waals surface area contributed by atoms with Gasteiger partial charge in [-0.3, -0.25) is 0 Å². The average molecular weight is 245 g/mol. The molecule has 0 saturated heterocycles. The minimum atomic E-state index is 0.0905. The van der Waals surface area contributed by atoms with Gasteiger partial charge in [-0.15, -0.1) is 11.6 Å². The van der Waals surface area contributed by atoms with Crippen LogP contribution in [0.4, 0.5) is 0 Å². The lowest BCUT2D eigenvalue weighted by molar-refractivity contribution is 0.235. The van der Waals surface area contributed by atoms with E-state index in [9.17, 15) is 5.11 Å². The molecule has 0 aromatic carbocycles. The van der Waals surface area contributed by atoms with Gasteiger partial charge in [-0.05, 0) is 24.7 Å². The maximum atomic E-state index is 9.36. The monoisotopic (exact) mass is 244 g/mol. The molecule has 0 radical (unpaired) electrons. The molecule has 1 N–H and O–H groups in total. The van der Waals surface area contributed by atoms with E-state index in [0.717, 1.165) is 18.3 Å². The molecule has 0 aromatic heterocycles. The van der Waals surface area contributed by atoms with Crippen molar-refractivity contribution in [3.63, 3.8) is 0 Å². The van der Waals surface area contributed by atoms with Crippen LogP contribution in [0, 0.1) is 17.8 Å². The van der Waals surface area contributed by atoms with E-state index in [0.29, 0.717) is 5.88 Å². The van der Waals surface area contributed by atoms with Crippen LogP contribution in [0.15, 0.2) is 12.3 Å². The van der Waals surface area contributed by atoms with Gasteiger partial charge in [-0.2, -0.15) is 0 Å². The Balaban J connectivity index is 2.27. The summed E-state index contributed by atoms with van der Waals surface area (Å²) in [5.74, 6) is 2.51. The molecule has 0 amide bonds. The van der Waals surface area contributed by atoms with Crippen molar-refractivity contribution in [3.05, 3.63) is 12.3 Å². The normalized spacial score (nSPS) is 21.6. The lowest BCUT2D eigenvalue weighted by Gasteiger charge is -2.28. The van der Waals surface area contributed by atoms with Crippen molar-refractivity contribution in [2.24, 2.45) is 17.8 Å². The molecule has 1 saturated carbocycles. The maximum Gasteiger partial charge on any atom is 0.0893 e. The third-order valence-electron chi connectivity index (χ3n) is 4.08. The average Bonchev–Trinajstić information content (AvgIpc) is 2.30. The van der Waals surface area contributed by atoms with Gasteiger partial charge in [0.1, 0.15) is 0 Å².